The molecule has 4 heteroatoms. The Hall–Kier alpha value is 0.640. The summed E-state index contributed by atoms with van der Waals surface area (Å²) in [5.74, 6) is 0. The molecule has 1 rings (SSSR count). The second kappa shape index (κ2) is 4.04. The van der Waals surface area contributed by atoms with Crippen molar-refractivity contribution in [3.05, 3.63) is 0 Å². The molecule has 3 N–H and O–H groups in total. The molecule has 0 aromatic rings. The Morgan fingerprint density at radius 2 is 1.91 bits per heavy atom. The van der Waals surface area contributed by atoms with Crippen molar-refractivity contribution in [1.82, 2.24) is 5.09 Å². The standard InChI is InChI=1S/C7H17ClN2P/c1-11(8,9)10-7-5-3-2-4-6-7/h7,10H,2-6,9H2,1H3/q+1. The smallest absolute Gasteiger partial charge is 0.174 e. The van der Waals surface area contributed by atoms with Gasteiger partial charge in [0.2, 0.25) is 6.92 Å². The van der Waals surface area contributed by atoms with Crippen LogP contribution in [0.1, 0.15) is 32.1 Å². The highest BCUT2D eigenvalue weighted by atomic mass is 35.7. The van der Waals surface area contributed by atoms with Crippen LogP contribution in [0.2, 0.25) is 0 Å². The van der Waals surface area contributed by atoms with Crippen LogP contribution in [-0.4, -0.2) is 12.7 Å². The van der Waals surface area contributed by atoms with Crippen LogP contribution < -0.4 is 10.6 Å². The van der Waals surface area contributed by atoms with Crippen molar-refractivity contribution in [3.8, 4) is 0 Å². The zero-order valence-electron chi connectivity index (χ0n) is 7.02. The molecule has 1 aliphatic carbocycles. The van der Waals surface area contributed by atoms with Gasteiger partial charge in [0.05, 0.1) is 6.66 Å². The van der Waals surface area contributed by atoms with E-state index in [2.05, 4.69) is 5.09 Å². The van der Waals surface area contributed by atoms with E-state index < -0.39 is 6.92 Å². The zero-order chi connectivity index (χ0) is 8.32. The van der Waals surface area contributed by atoms with Crippen molar-refractivity contribution in [2.24, 2.45) is 5.50 Å². The van der Waals surface area contributed by atoms with E-state index in [1.807, 2.05) is 6.66 Å². The Labute approximate surface area is 74.1 Å². The molecule has 0 spiro atoms. The normalized spacial score (nSPS) is 26.5. The summed E-state index contributed by atoms with van der Waals surface area (Å²) in [4.78, 5) is 0. The van der Waals surface area contributed by atoms with E-state index in [0.717, 1.165) is 0 Å². The first-order valence-corrected chi connectivity index (χ1v) is 7.41. The van der Waals surface area contributed by atoms with Gasteiger partial charge in [-0.25, -0.2) is 0 Å². The average molecular weight is 196 g/mol. The van der Waals surface area contributed by atoms with Crippen molar-refractivity contribution in [2.75, 3.05) is 6.66 Å². The second-order valence-corrected chi connectivity index (χ2v) is 7.72. The Morgan fingerprint density at radius 1 is 1.36 bits per heavy atom. The largest absolute Gasteiger partial charge is 0.243 e. The maximum atomic E-state index is 5.94. The first-order valence-electron chi connectivity index (χ1n) is 4.20. The predicted octanol–water partition coefficient (Wildman–Crippen LogP) is 2.50. The highest BCUT2D eigenvalue weighted by Gasteiger charge is 2.28. The topological polar surface area (TPSA) is 38.0 Å². The number of nitrogens with one attached hydrogen (secondary N) is 1. The molecule has 0 radical (unpaired) electrons. The van der Waals surface area contributed by atoms with Gasteiger partial charge in [-0.1, -0.05) is 19.3 Å². The summed E-state index contributed by atoms with van der Waals surface area (Å²) in [5.41, 5.74) is 5.73. The van der Waals surface area contributed by atoms with Gasteiger partial charge in [-0.05, 0) is 12.8 Å². The molecule has 0 bridgehead atoms. The van der Waals surface area contributed by atoms with Gasteiger partial charge in [-0.2, -0.15) is 10.6 Å². The van der Waals surface area contributed by atoms with Crippen molar-refractivity contribution in [3.63, 3.8) is 0 Å². The van der Waals surface area contributed by atoms with Crippen LogP contribution in [0.25, 0.3) is 0 Å². The molecule has 0 amide bonds. The third kappa shape index (κ3) is 4.27. The van der Waals surface area contributed by atoms with Gasteiger partial charge in [0, 0.05) is 6.04 Å². The third-order valence-electron chi connectivity index (χ3n) is 2.04. The summed E-state index contributed by atoms with van der Waals surface area (Å²) in [6.07, 6.45) is 6.53. The highest BCUT2D eigenvalue weighted by Crippen LogP contribution is 2.48. The summed E-state index contributed by atoms with van der Waals surface area (Å²) in [5, 5.41) is 3.31. The van der Waals surface area contributed by atoms with Crippen LogP contribution in [0.15, 0.2) is 0 Å². The fourth-order valence-corrected chi connectivity index (χ4v) is 2.97. The lowest BCUT2D eigenvalue weighted by Gasteiger charge is -2.23. The fraction of sp³-hybridized carbons (Fsp3) is 1.00. The van der Waals surface area contributed by atoms with E-state index in [1.165, 1.54) is 32.1 Å². The molecule has 1 unspecified atom stereocenters. The highest BCUT2D eigenvalue weighted by molar-refractivity contribution is 7.95. The lowest BCUT2D eigenvalue weighted by molar-refractivity contribution is 0.420. The molecule has 11 heavy (non-hydrogen) atoms. The van der Waals surface area contributed by atoms with Crippen molar-refractivity contribution in [1.29, 1.82) is 0 Å². The summed E-state index contributed by atoms with van der Waals surface area (Å²) in [6.45, 7) is 0.144. The number of rotatable bonds is 2. The molecule has 2 nitrogen and oxygen atoms in total. The number of halogens is 1. The Bertz CT molecular complexity index is 118. The van der Waals surface area contributed by atoms with Crippen molar-refractivity contribution < 1.29 is 0 Å². The van der Waals surface area contributed by atoms with E-state index in [1.54, 1.807) is 0 Å². The molecule has 66 valence electrons. The molecule has 0 aliphatic heterocycles. The van der Waals surface area contributed by atoms with Crippen molar-refractivity contribution >= 4 is 18.2 Å². The summed E-state index contributed by atoms with van der Waals surface area (Å²) >= 11 is 5.94. The quantitative estimate of drug-likeness (QED) is 0.665. The molecule has 1 aliphatic rings. The van der Waals surface area contributed by atoms with Crippen LogP contribution >= 0.6 is 18.2 Å². The summed E-state index contributed by atoms with van der Waals surface area (Å²) in [6, 6.07) is 0.588. The van der Waals surface area contributed by atoms with E-state index in [-0.39, 0.29) is 0 Å². The maximum absolute atomic E-state index is 5.94. The van der Waals surface area contributed by atoms with Gasteiger partial charge in [-0.3, -0.25) is 0 Å². The van der Waals surface area contributed by atoms with Gasteiger partial charge < -0.3 is 0 Å². The minimum absolute atomic E-state index is 0.588. The van der Waals surface area contributed by atoms with Gasteiger partial charge in [0.15, 0.2) is 0 Å². The number of hydrogen-bond acceptors (Lipinski definition) is 2. The van der Waals surface area contributed by atoms with Crippen molar-refractivity contribution in [2.45, 2.75) is 38.1 Å². The fourth-order valence-electron chi connectivity index (χ4n) is 1.59. The molecule has 0 aromatic carbocycles. The predicted molar refractivity (Wildman–Crippen MR) is 52.9 cm³/mol. The van der Waals surface area contributed by atoms with E-state index in [4.69, 9.17) is 16.7 Å². The first-order chi connectivity index (χ1) is 5.08. The lowest BCUT2D eigenvalue weighted by Crippen LogP contribution is -2.31. The van der Waals surface area contributed by atoms with Gasteiger partial charge >= 0.3 is 0 Å². The van der Waals surface area contributed by atoms with E-state index in [0.29, 0.717) is 6.04 Å². The van der Waals surface area contributed by atoms with Gasteiger partial charge in [-0.15, -0.1) is 0 Å². The monoisotopic (exact) mass is 195 g/mol. The van der Waals surface area contributed by atoms with Crippen LogP contribution in [0.4, 0.5) is 0 Å². The molecular weight excluding hydrogens is 179 g/mol. The average Bonchev–Trinajstić information content (AvgIpc) is 1.85. The lowest BCUT2D eigenvalue weighted by atomic mass is 9.96. The van der Waals surface area contributed by atoms with Crippen LogP contribution in [0, 0.1) is 0 Å². The zero-order valence-corrected chi connectivity index (χ0v) is 8.67. The third-order valence-corrected chi connectivity index (χ3v) is 3.20. The molecule has 0 saturated heterocycles. The molecule has 0 aromatic heterocycles. The second-order valence-electron chi connectivity index (χ2n) is 3.43. The molecule has 0 heterocycles. The number of nitrogens with two attached hydrogens (primary N) is 1. The molecular formula is C7H17ClN2P+. The van der Waals surface area contributed by atoms with Crippen LogP contribution in [0.3, 0.4) is 0 Å². The molecule has 1 saturated carbocycles. The SMILES string of the molecule is C[P+](N)(Cl)NC1CCCCC1. The Morgan fingerprint density at radius 3 is 2.36 bits per heavy atom. The van der Waals surface area contributed by atoms with E-state index in [9.17, 15) is 0 Å². The van der Waals surface area contributed by atoms with Gasteiger partial charge in [0.1, 0.15) is 11.2 Å². The van der Waals surface area contributed by atoms with Crippen LogP contribution in [-0.2, 0) is 0 Å². The minimum Gasteiger partial charge on any atom is -0.174 e. The number of hydrogen-bond donors (Lipinski definition) is 2. The summed E-state index contributed by atoms with van der Waals surface area (Å²) in [7, 11) is 0. The molecule has 1 atom stereocenters. The molecule has 1 fully saturated rings. The Kier molecular flexibility index (Phi) is 3.57. The van der Waals surface area contributed by atoms with Crippen LogP contribution in [0.5, 0.6) is 0 Å². The Balaban J connectivity index is 2.24. The minimum atomic E-state index is -1.76. The first kappa shape index (κ1) is 9.73. The maximum Gasteiger partial charge on any atom is 0.243 e. The van der Waals surface area contributed by atoms with Gasteiger partial charge in [0.25, 0.3) is 0 Å². The summed E-state index contributed by atoms with van der Waals surface area (Å²) < 4.78 is 0. The van der Waals surface area contributed by atoms with E-state index >= 15 is 0 Å².